The van der Waals surface area contributed by atoms with E-state index in [0.29, 0.717) is 22.5 Å². The molecule has 0 spiro atoms. The highest BCUT2D eigenvalue weighted by Gasteiger charge is 2.15. The molecule has 160 valence electrons. The Balaban J connectivity index is 1.45. The van der Waals surface area contributed by atoms with Crippen molar-refractivity contribution in [3.63, 3.8) is 0 Å². The van der Waals surface area contributed by atoms with Crippen LogP contribution in [0.4, 0.5) is 5.69 Å². The van der Waals surface area contributed by atoms with Crippen LogP contribution in [0.5, 0.6) is 0 Å². The van der Waals surface area contributed by atoms with Crippen LogP contribution in [-0.2, 0) is 12.8 Å². The third-order valence-corrected chi connectivity index (χ3v) is 6.33. The van der Waals surface area contributed by atoms with Crippen molar-refractivity contribution < 1.29 is 4.52 Å². The molecule has 0 saturated carbocycles. The highest BCUT2D eigenvalue weighted by atomic mass is 35.5. The largest absolute Gasteiger partial charge is 0.372 e. The van der Waals surface area contributed by atoms with Gasteiger partial charge in [-0.2, -0.15) is 4.98 Å². The molecule has 0 N–H and O–H groups in total. The Morgan fingerprint density at radius 3 is 2.48 bits per heavy atom. The van der Waals surface area contributed by atoms with Crippen molar-refractivity contribution in [2.75, 3.05) is 18.0 Å². The molecule has 2 aromatic heterocycles. The first-order valence-electron chi connectivity index (χ1n) is 10.1. The van der Waals surface area contributed by atoms with E-state index < -0.39 is 0 Å². The lowest BCUT2D eigenvalue weighted by Crippen LogP contribution is -2.21. The van der Waals surface area contributed by atoms with Gasteiger partial charge >= 0.3 is 0 Å². The van der Waals surface area contributed by atoms with Gasteiger partial charge in [0.15, 0.2) is 11.0 Å². The lowest BCUT2D eigenvalue weighted by Gasteiger charge is -2.21. The molecule has 0 atom stereocenters. The van der Waals surface area contributed by atoms with Gasteiger partial charge < -0.3 is 14.0 Å². The molecule has 0 aliphatic heterocycles. The first kappa shape index (κ1) is 21.4. The Hall–Kier alpha value is -2.84. The summed E-state index contributed by atoms with van der Waals surface area (Å²) in [5.74, 6) is 2.29. The topological polar surface area (TPSA) is 72.9 Å². The predicted molar refractivity (Wildman–Crippen MR) is 124 cm³/mol. The summed E-state index contributed by atoms with van der Waals surface area (Å²) in [5.41, 5.74) is 2.98. The number of benzene rings is 2. The molecule has 4 rings (SSSR count). The van der Waals surface area contributed by atoms with Crippen molar-refractivity contribution in [2.24, 2.45) is 7.05 Å². The van der Waals surface area contributed by atoms with E-state index in [0.717, 1.165) is 35.2 Å². The third kappa shape index (κ3) is 4.60. The summed E-state index contributed by atoms with van der Waals surface area (Å²) in [5, 5.41) is 14.1. The first-order chi connectivity index (χ1) is 15.1. The van der Waals surface area contributed by atoms with Crippen LogP contribution in [0.2, 0.25) is 5.02 Å². The first-order valence-corrected chi connectivity index (χ1v) is 11.4. The zero-order chi connectivity index (χ0) is 21.8. The van der Waals surface area contributed by atoms with Crippen LogP contribution >= 0.6 is 23.4 Å². The lowest BCUT2D eigenvalue weighted by atomic mass is 10.2. The van der Waals surface area contributed by atoms with Gasteiger partial charge in [-0.15, -0.1) is 10.2 Å². The number of rotatable bonds is 8. The van der Waals surface area contributed by atoms with Crippen LogP contribution in [-0.4, -0.2) is 38.0 Å². The van der Waals surface area contributed by atoms with E-state index in [1.807, 2.05) is 29.8 Å². The molecule has 31 heavy (non-hydrogen) atoms. The molecule has 7 nitrogen and oxygen atoms in total. The van der Waals surface area contributed by atoms with Crippen LogP contribution in [0.3, 0.4) is 0 Å². The van der Waals surface area contributed by atoms with E-state index in [1.54, 1.807) is 6.07 Å². The monoisotopic (exact) mass is 454 g/mol. The fourth-order valence-electron chi connectivity index (χ4n) is 3.29. The second-order valence-corrected chi connectivity index (χ2v) is 8.21. The van der Waals surface area contributed by atoms with E-state index in [-0.39, 0.29) is 0 Å². The molecule has 0 amide bonds. The maximum atomic E-state index is 6.22. The number of anilines is 1. The number of hydrogen-bond acceptors (Lipinski definition) is 7. The zero-order valence-electron chi connectivity index (χ0n) is 17.6. The molecule has 0 unspecified atom stereocenters. The second kappa shape index (κ2) is 9.53. The SMILES string of the molecule is CCN(CC)c1ccc(-c2nnc(SCc3nc(-c4ccccc4Cl)no3)n2C)cc1. The van der Waals surface area contributed by atoms with Gasteiger partial charge in [0.1, 0.15) is 0 Å². The maximum absolute atomic E-state index is 6.22. The van der Waals surface area contributed by atoms with E-state index in [1.165, 1.54) is 17.4 Å². The van der Waals surface area contributed by atoms with Crippen molar-refractivity contribution in [2.45, 2.75) is 24.8 Å². The van der Waals surface area contributed by atoms with Crippen LogP contribution in [0.1, 0.15) is 19.7 Å². The molecule has 0 fully saturated rings. The van der Waals surface area contributed by atoms with Gasteiger partial charge in [-0.3, -0.25) is 0 Å². The standard InChI is InChI=1S/C22H23ClN6OS/c1-4-29(5-2)16-12-10-15(11-13-16)21-25-26-22(28(21)3)31-14-19-24-20(27-30-19)17-8-6-7-9-18(17)23/h6-13H,4-5,14H2,1-3H3. The van der Waals surface area contributed by atoms with E-state index in [2.05, 4.69) is 63.4 Å². The van der Waals surface area contributed by atoms with Gasteiger partial charge in [0.25, 0.3) is 0 Å². The zero-order valence-corrected chi connectivity index (χ0v) is 19.2. The molecule has 0 saturated heterocycles. The van der Waals surface area contributed by atoms with Crippen molar-refractivity contribution in [1.82, 2.24) is 24.9 Å². The Morgan fingerprint density at radius 2 is 1.77 bits per heavy atom. The quantitative estimate of drug-likeness (QED) is 0.333. The maximum Gasteiger partial charge on any atom is 0.237 e. The van der Waals surface area contributed by atoms with Gasteiger partial charge in [-0.25, -0.2) is 0 Å². The van der Waals surface area contributed by atoms with E-state index >= 15 is 0 Å². The molecule has 2 aromatic carbocycles. The minimum Gasteiger partial charge on any atom is -0.372 e. The Bertz CT molecular complexity index is 1150. The molecule has 9 heteroatoms. The summed E-state index contributed by atoms with van der Waals surface area (Å²) in [7, 11) is 1.96. The van der Waals surface area contributed by atoms with Gasteiger partial charge in [-0.1, -0.05) is 40.7 Å². The fraction of sp³-hybridized carbons (Fsp3) is 0.273. The molecular weight excluding hydrogens is 432 g/mol. The van der Waals surface area contributed by atoms with Crippen LogP contribution in [0.15, 0.2) is 58.2 Å². The number of nitrogens with zero attached hydrogens (tertiary/aromatic N) is 6. The molecule has 4 aromatic rings. The molecular formula is C22H23ClN6OS. The summed E-state index contributed by atoms with van der Waals surface area (Å²) in [6.45, 7) is 6.28. The smallest absolute Gasteiger partial charge is 0.237 e. The van der Waals surface area contributed by atoms with Crippen LogP contribution in [0, 0.1) is 0 Å². The van der Waals surface area contributed by atoms with Crippen molar-refractivity contribution in [3.8, 4) is 22.8 Å². The summed E-state index contributed by atoms with van der Waals surface area (Å²) in [4.78, 5) is 6.76. The average molecular weight is 455 g/mol. The third-order valence-electron chi connectivity index (χ3n) is 5.00. The van der Waals surface area contributed by atoms with Crippen molar-refractivity contribution >= 4 is 29.1 Å². The average Bonchev–Trinajstić information content (AvgIpc) is 3.41. The molecule has 0 radical (unpaired) electrons. The number of hydrogen-bond donors (Lipinski definition) is 0. The molecule has 2 heterocycles. The summed E-state index contributed by atoms with van der Waals surface area (Å²) < 4.78 is 7.36. The number of thioether (sulfide) groups is 1. The summed E-state index contributed by atoms with van der Waals surface area (Å²) in [6.07, 6.45) is 0. The van der Waals surface area contributed by atoms with Gasteiger partial charge in [0.05, 0.1) is 10.8 Å². The summed E-state index contributed by atoms with van der Waals surface area (Å²) in [6, 6.07) is 15.8. The minimum atomic E-state index is 0.480. The molecule has 0 aliphatic rings. The van der Waals surface area contributed by atoms with Crippen molar-refractivity contribution in [1.29, 1.82) is 0 Å². The highest BCUT2D eigenvalue weighted by molar-refractivity contribution is 7.98. The Morgan fingerprint density at radius 1 is 1.03 bits per heavy atom. The van der Waals surface area contributed by atoms with Crippen molar-refractivity contribution in [3.05, 3.63) is 59.4 Å². The normalized spacial score (nSPS) is 11.1. The lowest BCUT2D eigenvalue weighted by molar-refractivity contribution is 0.391. The van der Waals surface area contributed by atoms with Gasteiger partial charge in [-0.05, 0) is 50.2 Å². The Labute approximate surface area is 190 Å². The predicted octanol–water partition coefficient (Wildman–Crippen LogP) is 5.32. The Kier molecular flexibility index (Phi) is 6.58. The van der Waals surface area contributed by atoms with Crippen LogP contribution < -0.4 is 4.90 Å². The summed E-state index contributed by atoms with van der Waals surface area (Å²) >= 11 is 7.71. The van der Waals surface area contributed by atoms with Crippen LogP contribution in [0.25, 0.3) is 22.8 Å². The highest BCUT2D eigenvalue weighted by Crippen LogP contribution is 2.28. The second-order valence-electron chi connectivity index (χ2n) is 6.86. The number of aromatic nitrogens is 5. The van der Waals surface area contributed by atoms with E-state index in [4.69, 9.17) is 16.1 Å². The fourth-order valence-corrected chi connectivity index (χ4v) is 4.26. The number of halogens is 1. The van der Waals surface area contributed by atoms with Gasteiger partial charge in [0, 0.05) is 37.0 Å². The molecule has 0 bridgehead atoms. The van der Waals surface area contributed by atoms with E-state index in [9.17, 15) is 0 Å². The molecule has 0 aliphatic carbocycles. The minimum absolute atomic E-state index is 0.480. The van der Waals surface area contributed by atoms with Gasteiger partial charge in [0.2, 0.25) is 11.7 Å².